The number of hydrogen-bond acceptors (Lipinski definition) is 2. The Bertz CT molecular complexity index is 1080. The van der Waals surface area contributed by atoms with E-state index in [0.717, 1.165) is 26.8 Å². The van der Waals surface area contributed by atoms with Crippen molar-refractivity contribution in [3.05, 3.63) is 84.9 Å². The number of benzene rings is 4. The topological polar surface area (TPSA) is 26.3 Å². The smallest absolute Gasteiger partial charge is 0.261 e. The van der Waals surface area contributed by atoms with Crippen LogP contribution in [0.3, 0.4) is 0 Å². The first-order valence-electron chi connectivity index (χ1n) is 7.86. The van der Waals surface area contributed by atoms with Gasteiger partial charge in [-0.05, 0) is 39.7 Å². The van der Waals surface area contributed by atoms with Gasteiger partial charge in [0.05, 0.1) is 0 Å². The minimum Gasteiger partial charge on any atom is -0.325 e. The number of rotatable bonds is 3. The lowest BCUT2D eigenvalue weighted by molar-refractivity contribution is 0.412. The highest BCUT2D eigenvalue weighted by molar-refractivity contribution is 7.74. The van der Waals surface area contributed by atoms with Gasteiger partial charge in [-0.1, -0.05) is 66.7 Å². The number of fused-ring (bicyclic) bond motifs is 3. The molecule has 0 saturated heterocycles. The molecule has 0 spiro atoms. The Morgan fingerprint density at radius 2 is 1.28 bits per heavy atom. The van der Waals surface area contributed by atoms with Crippen LogP contribution in [0.2, 0.25) is 0 Å². The van der Waals surface area contributed by atoms with E-state index in [-0.39, 0.29) is 8.41 Å². The second kappa shape index (κ2) is 6.88. The highest BCUT2D eigenvalue weighted by Crippen LogP contribution is 2.46. The van der Waals surface area contributed by atoms with Crippen LogP contribution in [0.25, 0.3) is 21.5 Å². The summed E-state index contributed by atoms with van der Waals surface area (Å²) in [6.07, 6.45) is 0. The highest BCUT2D eigenvalue weighted by atomic mass is 31.2. The van der Waals surface area contributed by atoms with Crippen molar-refractivity contribution < 1.29 is 9.09 Å². The summed E-state index contributed by atoms with van der Waals surface area (Å²) in [5, 5.41) is 5.77. The molecule has 121 valence electrons. The first-order chi connectivity index (χ1) is 11.7. The largest absolute Gasteiger partial charge is 0.325 e. The van der Waals surface area contributed by atoms with Gasteiger partial charge in [-0.3, -0.25) is 4.57 Å². The van der Waals surface area contributed by atoms with Gasteiger partial charge >= 0.3 is 0 Å². The van der Waals surface area contributed by atoms with E-state index in [0.29, 0.717) is 5.30 Å². The van der Waals surface area contributed by atoms with E-state index < -0.39 is 7.37 Å². The van der Waals surface area contributed by atoms with Crippen molar-refractivity contribution in [1.29, 1.82) is 0 Å². The van der Waals surface area contributed by atoms with Gasteiger partial charge in [0.2, 0.25) is 0 Å². The van der Waals surface area contributed by atoms with Gasteiger partial charge in [0, 0.05) is 26.1 Å². The van der Waals surface area contributed by atoms with E-state index in [9.17, 15) is 4.57 Å². The Hall–Kier alpha value is -2.35. The molecule has 1 atom stereocenters. The van der Waals surface area contributed by atoms with Crippen LogP contribution in [0.5, 0.6) is 0 Å². The first-order valence-corrected chi connectivity index (χ1v) is 9.49. The molecular formula is C21H17BO2P. The van der Waals surface area contributed by atoms with Crippen LogP contribution >= 0.6 is 7.37 Å². The van der Waals surface area contributed by atoms with Gasteiger partial charge in [-0.15, -0.1) is 0 Å². The zero-order valence-electron chi connectivity index (χ0n) is 13.9. The summed E-state index contributed by atoms with van der Waals surface area (Å²) in [5.74, 6) is 0. The van der Waals surface area contributed by atoms with E-state index >= 15 is 0 Å². The summed E-state index contributed by atoms with van der Waals surface area (Å²) < 4.78 is 19.4. The molecule has 0 aliphatic carbocycles. The molecule has 0 N–H and O–H groups in total. The van der Waals surface area contributed by atoms with Crippen molar-refractivity contribution in [3.8, 4) is 0 Å². The average molecular weight is 343 g/mol. The minimum absolute atomic E-state index is 0. The Kier molecular flexibility index (Phi) is 4.81. The standard InChI is InChI=1S/C21H17O2P.B/c1-23-24(22,17-10-3-2-4-11-17)21-15-16-9-5-6-12-18(16)19-13-7-8-14-20(19)21;/h2-15H,1H3;. The normalized spacial score (nSPS) is 13.3. The second-order valence-electron chi connectivity index (χ2n) is 5.73. The molecule has 0 aliphatic heterocycles. The van der Waals surface area contributed by atoms with Crippen molar-refractivity contribution in [2.24, 2.45) is 0 Å². The molecule has 0 heterocycles. The fourth-order valence-electron chi connectivity index (χ4n) is 3.25. The van der Waals surface area contributed by atoms with Gasteiger partial charge in [0.1, 0.15) is 0 Å². The molecule has 3 radical (unpaired) electrons. The number of hydrogen-bond donors (Lipinski definition) is 0. The van der Waals surface area contributed by atoms with Crippen LogP contribution in [-0.2, 0) is 9.09 Å². The maximum Gasteiger partial charge on any atom is 0.261 e. The SMILES string of the molecule is COP(=O)(c1ccccc1)c1cc2ccccc2c2ccccc12.[B]. The molecule has 4 aromatic rings. The van der Waals surface area contributed by atoms with E-state index in [4.69, 9.17) is 4.52 Å². The lowest BCUT2D eigenvalue weighted by Crippen LogP contribution is -2.18. The predicted molar refractivity (Wildman–Crippen MR) is 108 cm³/mol. The lowest BCUT2D eigenvalue weighted by Gasteiger charge is -2.20. The molecule has 25 heavy (non-hydrogen) atoms. The van der Waals surface area contributed by atoms with Gasteiger partial charge in [-0.2, -0.15) is 0 Å². The molecule has 2 nitrogen and oxygen atoms in total. The van der Waals surface area contributed by atoms with Gasteiger partial charge < -0.3 is 4.52 Å². The summed E-state index contributed by atoms with van der Waals surface area (Å²) in [7, 11) is -1.63. The maximum atomic E-state index is 13.8. The minimum atomic E-state index is -3.15. The molecular weight excluding hydrogens is 326 g/mol. The molecule has 0 saturated carbocycles. The Morgan fingerprint density at radius 1 is 0.720 bits per heavy atom. The quantitative estimate of drug-likeness (QED) is 0.311. The van der Waals surface area contributed by atoms with Gasteiger partial charge in [0.25, 0.3) is 7.37 Å². The third-order valence-corrected chi connectivity index (χ3v) is 6.91. The summed E-state index contributed by atoms with van der Waals surface area (Å²) in [4.78, 5) is 0. The summed E-state index contributed by atoms with van der Waals surface area (Å²) in [5.41, 5.74) is 0. The van der Waals surface area contributed by atoms with Crippen molar-refractivity contribution >= 4 is 47.9 Å². The Labute approximate surface area is 149 Å². The zero-order chi connectivity index (χ0) is 16.6. The molecule has 1 unspecified atom stereocenters. The first kappa shape index (κ1) is 17.5. The molecule has 0 fully saturated rings. The van der Waals surface area contributed by atoms with E-state index in [1.54, 1.807) is 0 Å². The fourth-order valence-corrected chi connectivity index (χ4v) is 5.32. The molecule has 4 aromatic carbocycles. The molecule has 4 heteroatoms. The van der Waals surface area contributed by atoms with Crippen LogP contribution in [-0.4, -0.2) is 15.5 Å². The summed E-state index contributed by atoms with van der Waals surface area (Å²) in [6, 6.07) is 27.7. The summed E-state index contributed by atoms with van der Waals surface area (Å²) in [6.45, 7) is 0. The zero-order valence-corrected chi connectivity index (χ0v) is 14.8. The van der Waals surface area contributed by atoms with Crippen LogP contribution in [0.15, 0.2) is 84.9 Å². The third-order valence-electron chi connectivity index (χ3n) is 4.42. The van der Waals surface area contributed by atoms with Crippen molar-refractivity contribution in [2.45, 2.75) is 0 Å². The van der Waals surface area contributed by atoms with Crippen molar-refractivity contribution in [2.75, 3.05) is 7.11 Å². The van der Waals surface area contributed by atoms with E-state index in [1.165, 1.54) is 7.11 Å². The fraction of sp³-hybridized carbons (Fsp3) is 0.0476. The maximum absolute atomic E-state index is 13.8. The van der Waals surface area contributed by atoms with Crippen LogP contribution < -0.4 is 10.6 Å². The lowest BCUT2D eigenvalue weighted by atomic mass is 10.0. The molecule has 0 aromatic heterocycles. The van der Waals surface area contributed by atoms with Crippen molar-refractivity contribution in [3.63, 3.8) is 0 Å². The van der Waals surface area contributed by atoms with Crippen LogP contribution in [0.4, 0.5) is 0 Å². The predicted octanol–water partition coefficient (Wildman–Crippen LogP) is 4.49. The second-order valence-corrected chi connectivity index (χ2v) is 8.20. The molecule has 4 rings (SSSR count). The Morgan fingerprint density at radius 3 is 1.96 bits per heavy atom. The molecule has 0 aliphatic rings. The molecule has 0 amide bonds. The van der Waals surface area contributed by atoms with Gasteiger partial charge in [-0.25, -0.2) is 0 Å². The summed E-state index contributed by atoms with van der Waals surface area (Å²) >= 11 is 0. The van der Waals surface area contributed by atoms with E-state index in [2.05, 4.69) is 18.2 Å². The van der Waals surface area contributed by atoms with E-state index in [1.807, 2.05) is 66.7 Å². The highest BCUT2D eigenvalue weighted by Gasteiger charge is 2.29. The van der Waals surface area contributed by atoms with Crippen LogP contribution in [0, 0.1) is 0 Å². The third kappa shape index (κ3) is 2.80. The van der Waals surface area contributed by atoms with Crippen LogP contribution in [0.1, 0.15) is 0 Å². The Balaban J connectivity index is 0.00000182. The average Bonchev–Trinajstić information content (AvgIpc) is 2.67. The van der Waals surface area contributed by atoms with Crippen molar-refractivity contribution in [1.82, 2.24) is 0 Å². The van der Waals surface area contributed by atoms with Gasteiger partial charge in [0.15, 0.2) is 0 Å². The monoisotopic (exact) mass is 343 g/mol. The molecule has 0 bridgehead atoms.